The summed E-state index contributed by atoms with van der Waals surface area (Å²) in [5.74, 6) is 5.55. The number of aryl methyl sites for hydroxylation is 1. The molecule has 3 aromatic heterocycles. The number of imidazole rings is 1. The first-order valence-electron chi connectivity index (χ1n) is 9.45. The molecule has 0 saturated carbocycles. The molecule has 8 nitrogen and oxygen atoms in total. The molecule has 1 saturated heterocycles. The number of aromatic nitrogens is 6. The van der Waals surface area contributed by atoms with Crippen molar-refractivity contribution in [2.75, 3.05) is 19.0 Å². The highest BCUT2D eigenvalue weighted by atomic mass is 19.1. The maximum atomic E-state index is 14.5. The number of nitrogens with zero attached hydrogens (tertiary/aromatic N) is 6. The zero-order valence-electron chi connectivity index (χ0n) is 16.1. The lowest BCUT2D eigenvalue weighted by molar-refractivity contribution is 0.395. The van der Waals surface area contributed by atoms with Gasteiger partial charge in [-0.15, -0.1) is 0 Å². The Kier molecular flexibility index (Phi) is 4.33. The molecule has 0 bridgehead atoms. The monoisotopic (exact) mass is 408 g/mol. The first-order chi connectivity index (χ1) is 14.5. The van der Waals surface area contributed by atoms with Gasteiger partial charge < -0.3 is 15.6 Å². The predicted octanol–water partition coefficient (Wildman–Crippen LogP) is 1.71. The van der Waals surface area contributed by atoms with Crippen molar-refractivity contribution in [3.63, 3.8) is 0 Å². The number of halogens is 2. The molecule has 1 aromatic carbocycles. The van der Waals surface area contributed by atoms with Gasteiger partial charge in [0.15, 0.2) is 5.65 Å². The molecule has 0 spiro atoms. The van der Waals surface area contributed by atoms with Gasteiger partial charge in [-0.05, 0) is 18.4 Å². The Labute approximate surface area is 170 Å². The van der Waals surface area contributed by atoms with E-state index in [1.165, 1.54) is 12.4 Å². The molecular weight excluding hydrogens is 390 g/mol. The second-order valence-electron chi connectivity index (χ2n) is 7.33. The average molecular weight is 408 g/mol. The number of anilines is 1. The zero-order valence-corrected chi connectivity index (χ0v) is 16.1. The molecular formula is C20H18F2N8. The topological polar surface area (TPSA) is 99.5 Å². The summed E-state index contributed by atoms with van der Waals surface area (Å²) in [6.45, 7) is 0.113. The van der Waals surface area contributed by atoms with Crippen molar-refractivity contribution in [3.05, 3.63) is 41.9 Å². The first kappa shape index (κ1) is 18.4. The van der Waals surface area contributed by atoms with Crippen LogP contribution in [-0.4, -0.2) is 48.6 Å². The third-order valence-electron chi connectivity index (χ3n) is 5.38. The van der Waals surface area contributed by atoms with Crippen LogP contribution < -0.4 is 11.1 Å². The van der Waals surface area contributed by atoms with Crippen molar-refractivity contribution in [2.45, 2.75) is 18.5 Å². The van der Waals surface area contributed by atoms with E-state index in [1.54, 1.807) is 28.7 Å². The van der Waals surface area contributed by atoms with Crippen LogP contribution in [0.3, 0.4) is 0 Å². The van der Waals surface area contributed by atoms with Gasteiger partial charge in [-0.3, -0.25) is 0 Å². The molecule has 1 aliphatic heterocycles. The van der Waals surface area contributed by atoms with Crippen molar-refractivity contribution in [1.29, 1.82) is 0 Å². The van der Waals surface area contributed by atoms with Crippen LogP contribution >= 0.6 is 0 Å². The number of nitrogens with two attached hydrogens (primary N) is 1. The maximum absolute atomic E-state index is 14.5. The molecule has 3 N–H and O–H groups in total. The van der Waals surface area contributed by atoms with E-state index in [1.807, 2.05) is 0 Å². The fourth-order valence-corrected chi connectivity index (χ4v) is 3.81. The molecule has 4 aromatic rings. The van der Waals surface area contributed by atoms with Crippen LogP contribution in [0.4, 0.5) is 14.6 Å². The maximum Gasteiger partial charge on any atom is 0.164 e. The standard InChI is InChI=1S/C20H18F2N8/c1-29-10-27-16-4-11(14(22)6-17(16)29)2-3-15-18-19(23)25-9-26-20(18)30(28-15)13-5-12(7-21)24-8-13/h4,6,9-10,12-13,24H,5,7-8H2,1H3,(H2,23,25,26)/t12-,13+/m1/s1. The Morgan fingerprint density at radius 3 is 2.93 bits per heavy atom. The minimum Gasteiger partial charge on any atom is -0.383 e. The smallest absolute Gasteiger partial charge is 0.164 e. The molecule has 0 aliphatic carbocycles. The lowest BCUT2D eigenvalue weighted by Crippen LogP contribution is -2.23. The van der Waals surface area contributed by atoms with Crippen LogP contribution in [0.1, 0.15) is 23.7 Å². The minimum absolute atomic E-state index is 0.0836. The van der Waals surface area contributed by atoms with E-state index >= 15 is 0 Å². The number of hydrogen-bond acceptors (Lipinski definition) is 6. The summed E-state index contributed by atoms with van der Waals surface area (Å²) in [6.07, 6.45) is 3.56. The van der Waals surface area contributed by atoms with Crippen molar-refractivity contribution < 1.29 is 8.78 Å². The lowest BCUT2D eigenvalue weighted by atomic mass is 10.1. The van der Waals surface area contributed by atoms with Gasteiger partial charge in [-0.25, -0.2) is 28.4 Å². The highest BCUT2D eigenvalue weighted by Gasteiger charge is 2.28. The minimum atomic E-state index is -0.450. The fraction of sp³-hybridized carbons (Fsp3) is 0.300. The van der Waals surface area contributed by atoms with E-state index in [-0.39, 0.29) is 23.5 Å². The number of fused-ring (bicyclic) bond motifs is 2. The van der Waals surface area contributed by atoms with E-state index in [2.05, 4.69) is 37.2 Å². The summed E-state index contributed by atoms with van der Waals surface area (Å²) in [4.78, 5) is 12.6. The lowest BCUT2D eigenvalue weighted by Gasteiger charge is -2.09. The zero-order chi connectivity index (χ0) is 20.8. The Morgan fingerprint density at radius 2 is 2.13 bits per heavy atom. The van der Waals surface area contributed by atoms with Gasteiger partial charge in [0.25, 0.3) is 0 Å². The van der Waals surface area contributed by atoms with E-state index in [9.17, 15) is 8.78 Å². The Balaban J connectivity index is 1.60. The van der Waals surface area contributed by atoms with Crippen molar-refractivity contribution in [3.8, 4) is 11.8 Å². The number of rotatable bonds is 2. The van der Waals surface area contributed by atoms with Gasteiger partial charge in [0.2, 0.25) is 0 Å². The highest BCUT2D eigenvalue weighted by Crippen LogP contribution is 2.27. The van der Waals surface area contributed by atoms with Crippen LogP contribution in [-0.2, 0) is 7.05 Å². The van der Waals surface area contributed by atoms with Gasteiger partial charge >= 0.3 is 0 Å². The van der Waals surface area contributed by atoms with Crippen LogP contribution in [0.25, 0.3) is 22.1 Å². The van der Waals surface area contributed by atoms with E-state index in [4.69, 9.17) is 5.73 Å². The summed E-state index contributed by atoms with van der Waals surface area (Å²) in [6, 6.07) is 2.70. The van der Waals surface area contributed by atoms with E-state index < -0.39 is 12.5 Å². The van der Waals surface area contributed by atoms with Crippen LogP contribution in [0, 0.1) is 17.7 Å². The van der Waals surface area contributed by atoms with E-state index in [0.29, 0.717) is 40.7 Å². The summed E-state index contributed by atoms with van der Waals surface area (Å²) in [7, 11) is 1.80. The van der Waals surface area contributed by atoms with Gasteiger partial charge in [-0.2, -0.15) is 5.10 Å². The van der Waals surface area contributed by atoms with Crippen LogP contribution in [0.2, 0.25) is 0 Å². The summed E-state index contributed by atoms with van der Waals surface area (Å²) in [5, 5.41) is 8.20. The van der Waals surface area contributed by atoms with E-state index in [0.717, 1.165) is 0 Å². The first-order valence-corrected chi connectivity index (χ1v) is 9.45. The number of benzene rings is 1. The van der Waals surface area contributed by atoms with Gasteiger partial charge in [0.1, 0.15) is 30.3 Å². The predicted molar refractivity (Wildman–Crippen MR) is 108 cm³/mol. The Bertz CT molecular complexity index is 1330. The molecule has 10 heteroatoms. The van der Waals surface area contributed by atoms with Crippen LogP contribution in [0.5, 0.6) is 0 Å². The molecule has 1 aliphatic rings. The SMILES string of the molecule is Cn1cnc2cc(C#Cc3nn([C@@H]4CN[C@@H](CF)C4)c4ncnc(N)c34)c(F)cc21. The number of nitrogens with one attached hydrogen (secondary N) is 1. The number of alkyl halides is 1. The highest BCUT2D eigenvalue weighted by molar-refractivity contribution is 5.90. The van der Waals surface area contributed by atoms with Gasteiger partial charge in [-0.1, -0.05) is 5.92 Å². The summed E-state index contributed by atoms with van der Waals surface area (Å²) in [5.41, 5.74) is 8.48. The molecule has 5 rings (SSSR count). The Morgan fingerprint density at radius 1 is 1.27 bits per heavy atom. The molecule has 0 unspecified atom stereocenters. The molecule has 2 atom stereocenters. The summed E-state index contributed by atoms with van der Waals surface area (Å²) >= 11 is 0. The number of nitrogen functional groups attached to an aromatic ring is 1. The fourth-order valence-electron chi connectivity index (χ4n) is 3.81. The largest absolute Gasteiger partial charge is 0.383 e. The van der Waals surface area contributed by atoms with Crippen molar-refractivity contribution >= 4 is 27.9 Å². The third kappa shape index (κ3) is 2.95. The molecule has 30 heavy (non-hydrogen) atoms. The summed E-state index contributed by atoms with van der Waals surface area (Å²) < 4.78 is 31.0. The normalized spacial score (nSPS) is 18.8. The quantitative estimate of drug-likeness (QED) is 0.490. The molecule has 0 radical (unpaired) electrons. The van der Waals surface area contributed by atoms with Crippen LogP contribution in [0.15, 0.2) is 24.8 Å². The molecule has 1 fully saturated rings. The second kappa shape index (κ2) is 7.03. The average Bonchev–Trinajstić information content (AvgIpc) is 3.44. The van der Waals surface area contributed by atoms with Gasteiger partial charge in [0, 0.05) is 25.7 Å². The third-order valence-corrected chi connectivity index (χ3v) is 5.38. The molecule has 4 heterocycles. The number of hydrogen-bond donors (Lipinski definition) is 2. The van der Waals surface area contributed by atoms with Crippen molar-refractivity contribution in [2.24, 2.45) is 7.05 Å². The Hall–Kier alpha value is -3.58. The second-order valence-corrected chi connectivity index (χ2v) is 7.33. The van der Waals surface area contributed by atoms with Gasteiger partial charge in [0.05, 0.1) is 34.4 Å². The molecule has 152 valence electrons. The van der Waals surface area contributed by atoms with Crippen molar-refractivity contribution in [1.82, 2.24) is 34.6 Å². The molecule has 0 amide bonds.